The molecule has 1 rings (SSSR count). The van der Waals surface area contributed by atoms with Crippen molar-refractivity contribution in [3.05, 3.63) is 41.0 Å². The van der Waals surface area contributed by atoms with Gasteiger partial charge in [-0.25, -0.2) is 0 Å². The van der Waals surface area contributed by atoms with Crippen LogP contribution in [0.15, 0.2) is 29.8 Å². The lowest BCUT2D eigenvalue weighted by Gasteiger charge is -2.05. The maximum atomic E-state index is 8.82. The van der Waals surface area contributed by atoms with Gasteiger partial charge in [-0.2, -0.15) is 5.26 Å². The number of benzene rings is 1. The van der Waals surface area contributed by atoms with Crippen LogP contribution in [0.4, 0.5) is 0 Å². The summed E-state index contributed by atoms with van der Waals surface area (Å²) < 4.78 is 0. The van der Waals surface area contributed by atoms with Crippen molar-refractivity contribution in [3.63, 3.8) is 0 Å². The fraction of sp³-hybridized carbons (Fsp3) is 0.389. The van der Waals surface area contributed by atoms with E-state index >= 15 is 0 Å². The summed E-state index contributed by atoms with van der Waals surface area (Å²) in [5.41, 5.74) is 6.47. The molecule has 0 amide bonds. The van der Waals surface area contributed by atoms with Crippen molar-refractivity contribution in [2.45, 2.75) is 45.8 Å². The van der Waals surface area contributed by atoms with Gasteiger partial charge in [0.1, 0.15) is 8.07 Å². The van der Waals surface area contributed by atoms with Gasteiger partial charge >= 0.3 is 0 Å². The Kier molecular flexibility index (Phi) is 6.29. The second-order valence-electron chi connectivity index (χ2n) is 6.01. The monoisotopic (exact) mass is 281 g/mol. The number of nitriles is 1. The average Bonchev–Trinajstić information content (AvgIpc) is 2.41. The molecule has 0 aliphatic rings. The van der Waals surface area contributed by atoms with Crippen LogP contribution in [0.2, 0.25) is 19.6 Å². The van der Waals surface area contributed by atoms with Gasteiger partial charge in [0, 0.05) is 5.57 Å². The second kappa shape index (κ2) is 7.73. The second-order valence-corrected chi connectivity index (χ2v) is 10.8. The van der Waals surface area contributed by atoms with Crippen LogP contribution in [-0.4, -0.2) is 8.07 Å². The zero-order valence-electron chi connectivity index (χ0n) is 13.0. The highest BCUT2D eigenvalue weighted by molar-refractivity contribution is 6.83. The maximum Gasteiger partial charge on any atom is 0.129 e. The maximum absolute atomic E-state index is 8.82. The van der Waals surface area contributed by atoms with Crippen molar-refractivity contribution in [3.8, 4) is 17.5 Å². The molecule has 0 aromatic heterocycles. The van der Waals surface area contributed by atoms with Crippen molar-refractivity contribution in [2.75, 3.05) is 0 Å². The van der Waals surface area contributed by atoms with Crippen LogP contribution in [-0.2, 0) is 0 Å². The predicted molar refractivity (Wildman–Crippen MR) is 89.8 cm³/mol. The molecule has 2 heteroatoms. The van der Waals surface area contributed by atoms with E-state index in [1.807, 2.05) is 24.3 Å². The van der Waals surface area contributed by atoms with E-state index in [2.05, 4.69) is 50.2 Å². The number of nitrogens with zero attached hydrogens (tertiary/aromatic N) is 1. The fourth-order valence-electron chi connectivity index (χ4n) is 1.66. The molecule has 0 unspecified atom stereocenters. The normalized spacial score (nSPS) is 11.4. The lowest BCUT2D eigenvalue weighted by Crippen LogP contribution is -2.16. The summed E-state index contributed by atoms with van der Waals surface area (Å²) in [4.78, 5) is 0. The number of unbranched alkanes of at least 4 members (excludes halogenated alkanes) is 1. The number of hydrogen-bond donors (Lipinski definition) is 0. The van der Waals surface area contributed by atoms with E-state index < -0.39 is 8.07 Å². The van der Waals surface area contributed by atoms with Gasteiger partial charge in [0.2, 0.25) is 0 Å². The van der Waals surface area contributed by atoms with Crippen LogP contribution in [0.3, 0.4) is 0 Å². The SMILES string of the molecule is CCCC/C(C#C[Si](C)(C)C)=C/c1ccc(C#N)cc1. The van der Waals surface area contributed by atoms with Crippen molar-refractivity contribution < 1.29 is 0 Å². The first-order valence-electron chi connectivity index (χ1n) is 7.18. The Morgan fingerprint density at radius 3 is 2.35 bits per heavy atom. The number of hydrogen-bond acceptors (Lipinski definition) is 1. The molecule has 0 saturated carbocycles. The van der Waals surface area contributed by atoms with Crippen molar-refractivity contribution in [1.82, 2.24) is 0 Å². The predicted octanol–water partition coefficient (Wildman–Crippen LogP) is 5.01. The van der Waals surface area contributed by atoms with E-state index in [1.165, 1.54) is 18.4 Å². The topological polar surface area (TPSA) is 23.8 Å². The first-order chi connectivity index (χ1) is 9.44. The first-order valence-corrected chi connectivity index (χ1v) is 10.7. The fourth-order valence-corrected chi connectivity index (χ4v) is 2.20. The standard InChI is InChI=1S/C18H23NSi/c1-5-6-7-16(12-13-20(2,3)4)14-17-8-10-18(15-19)11-9-17/h8-11,14H,5-7H2,1-4H3/b16-14-. The van der Waals surface area contributed by atoms with Gasteiger partial charge in [-0.05, 0) is 36.6 Å². The molecule has 0 heterocycles. The third kappa shape index (κ3) is 6.41. The van der Waals surface area contributed by atoms with Gasteiger partial charge in [-0.15, -0.1) is 5.54 Å². The molecule has 1 aromatic rings. The molecular formula is C18H23NSi. The van der Waals surface area contributed by atoms with E-state index in [4.69, 9.17) is 5.26 Å². The minimum Gasteiger partial charge on any atom is -0.192 e. The quantitative estimate of drug-likeness (QED) is 0.562. The molecule has 0 spiro atoms. The Labute approximate surface area is 124 Å². The van der Waals surface area contributed by atoms with Crippen molar-refractivity contribution in [2.24, 2.45) is 0 Å². The summed E-state index contributed by atoms with van der Waals surface area (Å²) >= 11 is 0. The van der Waals surface area contributed by atoms with Gasteiger partial charge in [0.05, 0.1) is 11.6 Å². The molecule has 1 aromatic carbocycles. The van der Waals surface area contributed by atoms with Crippen LogP contribution in [0.1, 0.15) is 37.3 Å². The van der Waals surface area contributed by atoms with Gasteiger partial charge in [0.15, 0.2) is 0 Å². The van der Waals surface area contributed by atoms with E-state index in [-0.39, 0.29) is 0 Å². The summed E-state index contributed by atoms with van der Waals surface area (Å²) in [7, 11) is -1.34. The Morgan fingerprint density at radius 2 is 1.85 bits per heavy atom. The Hall–Kier alpha value is -1.77. The van der Waals surface area contributed by atoms with Crippen molar-refractivity contribution in [1.29, 1.82) is 5.26 Å². The summed E-state index contributed by atoms with van der Waals surface area (Å²) in [6.45, 7) is 8.99. The summed E-state index contributed by atoms with van der Waals surface area (Å²) in [6.07, 6.45) is 5.54. The van der Waals surface area contributed by atoms with Crippen LogP contribution in [0.5, 0.6) is 0 Å². The third-order valence-corrected chi connectivity index (χ3v) is 3.65. The smallest absolute Gasteiger partial charge is 0.129 e. The van der Waals surface area contributed by atoms with Crippen LogP contribution >= 0.6 is 0 Å². The first kappa shape index (κ1) is 16.3. The molecule has 0 atom stereocenters. The number of allylic oxidation sites excluding steroid dienone is 1. The molecule has 1 nitrogen and oxygen atoms in total. The molecule has 20 heavy (non-hydrogen) atoms. The minimum absolute atomic E-state index is 0.699. The molecule has 0 aliphatic carbocycles. The summed E-state index contributed by atoms with van der Waals surface area (Å²) in [6, 6.07) is 9.83. The molecule has 0 saturated heterocycles. The highest BCUT2D eigenvalue weighted by Gasteiger charge is 2.07. The van der Waals surface area contributed by atoms with Crippen molar-refractivity contribution >= 4 is 14.1 Å². The molecule has 0 aliphatic heterocycles. The Balaban J connectivity index is 2.98. The van der Waals surface area contributed by atoms with Gasteiger partial charge in [0.25, 0.3) is 0 Å². The third-order valence-electron chi connectivity index (χ3n) is 2.78. The van der Waals surface area contributed by atoms with Crippen LogP contribution in [0, 0.1) is 22.8 Å². The summed E-state index contributed by atoms with van der Waals surface area (Å²) in [5.74, 6) is 3.38. The largest absolute Gasteiger partial charge is 0.192 e. The molecule has 0 bridgehead atoms. The van der Waals surface area contributed by atoms with E-state index in [9.17, 15) is 0 Å². The van der Waals surface area contributed by atoms with Gasteiger partial charge < -0.3 is 0 Å². The lowest BCUT2D eigenvalue weighted by molar-refractivity contribution is 0.803. The number of rotatable bonds is 4. The zero-order chi connectivity index (χ0) is 15.0. The Bertz CT molecular complexity index is 557. The average molecular weight is 281 g/mol. The van der Waals surface area contributed by atoms with Crippen LogP contribution < -0.4 is 0 Å². The molecule has 0 radical (unpaired) electrons. The lowest BCUT2D eigenvalue weighted by atomic mass is 10.1. The molecule has 0 N–H and O–H groups in total. The van der Waals surface area contributed by atoms with Crippen LogP contribution in [0.25, 0.3) is 6.08 Å². The highest BCUT2D eigenvalue weighted by atomic mass is 28.3. The van der Waals surface area contributed by atoms with Gasteiger partial charge in [-0.3, -0.25) is 0 Å². The molecular weight excluding hydrogens is 258 g/mol. The highest BCUT2D eigenvalue weighted by Crippen LogP contribution is 2.14. The van der Waals surface area contributed by atoms with E-state index in [1.54, 1.807) is 0 Å². The van der Waals surface area contributed by atoms with E-state index in [0.29, 0.717) is 5.56 Å². The molecule has 0 fully saturated rings. The molecule has 104 valence electrons. The van der Waals surface area contributed by atoms with Gasteiger partial charge in [-0.1, -0.05) is 51.0 Å². The summed E-state index contributed by atoms with van der Waals surface area (Å²) in [5, 5.41) is 8.82. The zero-order valence-corrected chi connectivity index (χ0v) is 14.0. The minimum atomic E-state index is -1.34. The van der Waals surface area contributed by atoms with E-state index in [0.717, 1.165) is 12.0 Å². The Morgan fingerprint density at radius 1 is 1.20 bits per heavy atom.